The van der Waals surface area contributed by atoms with Gasteiger partial charge >= 0.3 is 0 Å². The molecule has 5 heteroatoms. The molecular formula is C20H26N2O2S. The molecule has 1 aliphatic rings. The van der Waals surface area contributed by atoms with E-state index in [0.717, 1.165) is 31.4 Å². The first-order valence-electron chi connectivity index (χ1n) is 9.25. The van der Waals surface area contributed by atoms with Crippen molar-refractivity contribution in [2.24, 2.45) is 0 Å². The van der Waals surface area contributed by atoms with Crippen LogP contribution in [0, 0.1) is 0 Å². The molecule has 1 amide bonds. The Labute approximate surface area is 153 Å². The van der Waals surface area contributed by atoms with Crippen LogP contribution < -0.4 is 10.1 Å². The van der Waals surface area contributed by atoms with E-state index < -0.39 is 0 Å². The molecule has 0 saturated carbocycles. The van der Waals surface area contributed by atoms with Crippen LogP contribution in [0.4, 0.5) is 0 Å². The number of hydrogen-bond donors (Lipinski definition) is 1. The van der Waals surface area contributed by atoms with Crippen molar-refractivity contribution in [1.29, 1.82) is 0 Å². The lowest BCUT2D eigenvalue weighted by atomic mass is 10.0. The Hall–Kier alpha value is -1.88. The van der Waals surface area contributed by atoms with E-state index in [1.165, 1.54) is 34.8 Å². The highest BCUT2D eigenvalue weighted by Crippen LogP contribution is 2.27. The molecule has 134 valence electrons. The summed E-state index contributed by atoms with van der Waals surface area (Å²) in [5.41, 5.74) is 1.97. The van der Waals surface area contributed by atoms with E-state index in [9.17, 15) is 4.79 Å². The van der Waals surface area contributed by atoms with Crippen molar-refractivity contribution in [2.45, 2.75) is 51.9 Å². The SMILES string of the molecule is CCCOc1cccc(C(=O)NCCCc2nc3c(s2)CCCC3)c1. The molecule has 1 N–H and O–H groups in total. The van der Waals surface area contributed by atoms with E-state index in [4.69, 9.17) is 9.72 Å². The third-order valence-electron chi connectivity index (χ3n) is 4.31. The second-order valence-electron chi connectivity index (χ2n) is 6.42. The molecule has 0 radical (unpaired) electrons. The Kier molecular flexibility index (Phi) is 6.45. The fourth-order valence-corrected chi connectivity index (χ4v) is 4.20. The number of aryl methyl sites for hydroxylation is 3. The van der Waals surface area contributed by atoms with E-state index in [0.29, 0.717) is 18.7 Å². The number of amides is 1. The Morgan fingerprint density at radius 3 is 3.04 bits per heavy atom. The topological polar surface area (TPSA) is 51.2 Å². The number of fused-ring (bicyclic) bond motifs is 1. The van der Waals surface area contributed by atoms with Crippen molar-refractivity contribution in [3.05, 3.63) is 45.4 Å². The minimum atomic E-state index is -0.0413. The molecule has 4 nitrogen and oxygen atoms in total. The van der Waals surface area contributed by atoms with Crippen molar-refractivity contribution >= 4 is 17.2 Å². The van der Waals surface area contributed by atoms with Gasteiger partial charge in [0.2, 0.25) is 0 Å². The van der Waals surface area contributed by atoms with E-state index in [-0.39, 0.29) is 5.91 Å². The summed E-state index contributed by atoms with van der Waals surface area (Å²) in [7, 11) is 0. The number of carbonyl (C=O) groups is 1. The molecule has 2 aromatic rings. The monoisotopic (exact) mass is 358 g/mol. The van der Waals surface area contributed by atoms with Crippen LogP contribution in [0.15, 0.2) is 24.3 Å². The van der Waals surface area contributed by atoms with Crippen molar-refractivity contribution < 1.29 is 9.53 Å². The second-order valence-corrected chi connectivity index (χ2v) is 7.59. The molecule has 3 rings (SSSR count). The van der Waals surface area contributed by atoms with Gasteiger partial charge in [-0.1, -0.05) is 13.0 Å². The van der Waals surface area contributed by atoms with Crippen LogP contribution >= 0.6 is 11.3 Å². The summed E-state index contributed by atoms with van der Waals surface area (Å²) in [5, 5.41) is 4.22. The van der Waals surface area contributed by atoms with E-state index in [1.54, 1.807) is 6.07 Å². The highest BCUT2D eigenvalue weighted by atomic mass is 32.1. The molecule has 0 unspecified atom stereocenters. The van der Waals surface area contributed by atoms with E-state index >= 15 is 0 Å². The molecular weight excluding hydrogens is 332 g/mol. The molecule has 0 aliphatic heterocycles. The molecule has 0 bridgehead atoms. The zero-order valence-electron chi connectivity index (χ0n) is 14.8. The van der Waals surface area contributed by atoms with Crippen molar-refractivity contribution in [1.82, 2.24) is 10.3 Å². The third kappa shape index (κ3) is 5.05. The third-order valence-corrected chi connectivity index (χ3v) is 5.53. The first-order valence-corrected chi connectivity index (χ1v) is 10.1. The molecule has 25 heavy (non-hydrogen) atoms. The number of ether oxygens (including phenoxy) is 1. The maximum absolute atomic E-state index is 12.3. The predicted molar refractivity (Wildman–Crippen MR) is 102 cm³/mol. The normalized spacial score (nSPS) is 13.3. The van der Waals surface area contributed by atoms with Crippen LogP contribution in [0.5, 0.6) is 5.75 Å². The zero-order valence-corrected chi connectivity index (χ0v) is 15.7. The van der Waals surface area contributed by atoms with Crippen LogP contribution in [0.2, 0.25) is 0 Å². The van der Waals surface area contributed by atoms with Gasteiger partial charge in [-0.05, 0) is 56.7 Å². The lowest BCUT2D eigenvalue weighted by Gasteiger charge is -2.08. The molecule has 0 atom stereocenters. The summed E-state index contributed by atoms with van der Waals surface area (Å²) in [5.74, 6) is 0.711. The van der Waals surface area contributed by atoms with Crippen LogP contribution in [0.3, 0.4) is 0 Å². The summed E-state index contributed by atoms with van der Waals surface area (Å²) >= 11 is 1.86. The first-order chi connectivity index (χ1) is 12.3. The fourth-order valence-electron chi connectivity index (χ4n) is 3.00. The molecule has 0 fully saturated rings. The van der Waals surface area contributed by atoms with Crippen LogP contribution in [0.25, 0.3) is 0 Å². The summed E-state index contributed by atoms with van der Waals surface area (Å²) < 4.78 is 5.58. The summed E-state index contributed by atoms with van der Waals surface area (Å²) in [6.07, 6.45) is 7.72. The van der Waals surface area contributed by atoms with Crippen molar-refractivity contribution in [3.63, 3.8) is 0 Å². The Morgan fingerprint density at radius 2 is 2.20 bits per heavy atom. The highest BCUT2D eigenvalue weighted by Gasteiger charge is 2.14. The van der Waals surface area contributed by atoms with Gasteiger partial charge < -0.3 is 10.1 Å². The largest absolute Gasteiger partial charge is 0.494 e. The van der Waals surface area contributed by atoms with Gasteiger partial charge in [-0.25, -0.2) is 4.98 Å². The number of aromatic nitrogens is 1. The first kappa shape index (κ1) is 17.9. The molecule has 1 heterocycles. The summed E-state index contributed by atoms with van der Waals surface area (Å²) in [6, 6.07) is 7.37. The molecule has 0 spiro atoms. The fraction of sp³-hybridized carbons (Fsp3) is 0.500. The van der Waals surface area contributed by atoms with Crippen molar-refractivity contribution in [2.75, 3.05) is 13.2 Å². The molecule has 0 saturated heterocycles. The second kappa shape index (κ2) is 8.99. The summed E-state index contributed by atoms with van der Waals surface area (Å²) in [6.45, 7) is 3.40. The number of nitrogens with one attached hydrogen (secondary N) is 1. The number of benzene rings is 1. The van der Waals surface area contributed by atoms with Gasteiger partial charge in [-0.15, -0.1) is 11.3 Å². The van der Waals surface area contributed by atoms with Gasteiger partial charge in [0.15, 0.2) is 0 Å². The minimum absolute atomic E-state index is 0.0413. The Balaban J connectivity index is 1.44. The van der Waals surface area contributed by atoms with Crippen molar-refractivity contribution in [3.8, 4) is 5.75 Å². The van der Waals surface area contributed by atoms with Gasteiger partial charge in [0.1, 0.15) is 5.75 Å². The molecule has 1 aromatic carbocycles. The van der Waals surface area contributed by atoms with Gasteiger partial charge in [0, 0.05) is 23.4 Å². The van der Waals surface area contributed by atoms with Gasteiger partial charge in [0.25, 0.3) is 5.91 Å². The lowest BCUT2D eigenvalue weighted by molar-refractivity contribution is 0.0952. The average molecular weight is 359 g/mol. The quantitative estimate of drug-likeness (QED) is 0.721. The zero-order chi connectivity index (χ0) is 17.5. The van der Waals surface area contributed by atoms with Crippen LogP contribution in [0.1, 0.15) is 58.5 Å². The number of rotatable bonds is 8. The predicted octanol–water partition coefficient (Wildman–Crippen LogP) is 4.17. The maximum Gasteiger partial charge on any atom is 0.251 e. The number of thiazole rings is 1. The van der Waals surface area contributed by atoms with E-state index in [1.807, 2.05) is 29.5 Å². The number of carbonyl (C=O) groups excluding carboxylic acids is 1. The number of nitrogens with zero attached hydrogens (tertiary/aromatic N) is 1. The van der Waals surface area contributed by atoms with Gasteiger partial charge in [0.05, 0.1) is 17.3 Å². The van der Waals surface area contributed by atoms with E-state index in [2.05, 4.69) is 12.2 Å². The molecule has 1 aliphatic carbocycles. The standard InChI is InChI=1S/C20H26N2O2S/c1-2-13-24-16-8-5-7-15(14-16)20(23)21-12-6-11-19-22-17-9-3-4-10-18(17)25-19/h5,7-8,14H,2-4,6,9-13H2,1H3,(H,21,23). The minimum Gasteiger partial charge on any atom is -0.494 e. The lowest BCUT2D eigenvalue weighted by Crippen LogP contribution is -2.24. The number of hydrogen-bond acceptors (Lipinski definition) is 4. The summed E-state index contributed by atoms with van der Waals surface area (Å²) in [4.78, 5) is 18.5. The van der Waals surface area contributed by atoms with Crippen LogP contribution in [-0.2, 0) is 19.3 Å². The smallest absolute Gasteiger partial charge is 0.251 e. The Bertz CT molecular complexity index is 688. The van der Waals surface area contributed by atoms with Crippen LogP contribution in [-0.4, -0.2) is 24.0 Å². The van der Waals surface area contributed by atoms with Gasteiger partial charge in [-0.2, -0.15) is 0 Å². The molecule has 1 aromatic heterocycles. The maximum atomic E-state index is 12.3. The van der Waals surface area contributed by atoms with Gasteiger partial charge in [-0.3, -0.25) is 4.79 Å². The highest BCUT2D eigenvalue weighted by molar-refractivity contribution is 7.11. The average Bonchev–Trinajstić information content (AvgIpc) is 3.06. The Morgan fingerprint density at radius 1 is 1.32 bits per heavy atom.